The lowest BCUT2D eigenvalue weighted by molar-refractivity contribution is -0.228. The average Bonchev–Trinajstić information content (AvgIpc) is 2.83. The molecule has 0 amide bonds. The molecule has 0 saturated heterocycles. The molecule has 0 saturated carbocycles. The molecule has 0 aliphatic heterocycles. The predicted molar refractivity (Wildman–Crippen MR) is 90.1 cm³/mol. The van der Waals surface area contributed by atoms with E-state index in [2.05, 4.69) is 0 Å². The Morgan fingerprint density at radius 3 is 1.35 bits per heavy atom. The van der Waals surface area contributed by atoms with Gasteiger partial charge in [0.2, 0.25) is 5.79 Å². The summed E-state index contributed by atoms with van der Waals surface area (Å²) in [7, 11) is 5.91. The van der Waals surface area contributed by atoms with Crippen LogP contribution in [-0.4, -0.2) is 34.2 Å². The van der Waals surface area contributed by atoms with Crippen molar-refractivity contribution in [3.8, 4) is 11.5 Å². The van der Waals surface area contributed by atoms with Crippen molar-refractivity contribution < 1.29 is 18.9 Å². The van der Waals surface area contributed by atoms with E-state index in [-0.39, 0.29) is 10.1 Å². The van der Waals surface area contributed by atoms with E-state index in [0.29, 0.717) is 22.6 Å². The van der Waals surface area contributed by atoms with Crippen molar-refractivity contribution in [1.82, 2.24) is 0 Å². The van der Waals surface area contributed by atoms with Crippen LogP contribution in [0.1, 0.15) is 11.1 Å². The molecule has 1 aromatic rings. The fraction of sp³-hybridized carbons (Fsp3) is 0.467. The Labute approximate surface area is 154 Å². The largest absolute Gasteiger partial charge is 0.496 e. The second-order valence-corrected chi connectivity index (χ2v) is 7.08. The van der Waals surface area contributed by atoms with Gasteiger partial charge in [0, 0.05) is 25.3 Å². The van der Waals surface area contributed by atoms with Crippen LogP contribution in [0.5, 0.6) is 11.5 Å². The molecule has 2 atom stereocenters. The highest BCUT2D eigenvalue weighted by Gasteiger charge is 2.81. The topological polar surface area (TPSA) is 36.9 Å². The third-order valence-corrected chi connectivity index (χ3v) is 7.03. The summed E-state index contributed by atoms with van der Waals surface area (Å²) in [5.74, 6) is -0.583. The van der Waals surface area contributed by atoms with Crippen LogP contribution in [-0.2, 0) is 19.2 Å². The van der Waals surface area contributed by atoms with E-state index >= 15 is 0 Å². The van der Waals surface area contributed by atoms with E-state index in [9.17, 15) is 0 Å². The molecule has 0 unspecified atom stereocenters. The van der Waals surface area contributed by atoms with Gasteiger partial charge in [-0.3, -0.25) is 0 Å². The van der Waals surface area contributed by atoms with Gasteiger partial charge in [0.05, 0.1) is 24.3 Å². The van der Waals surface area contributed by atoms with Gasteiger partial charge in [0.25, 0.3) is 0 Å². The van der Waals surface area contributed by atoms with Crippen molar-refractivity contribution in [2.75, 3.05) is 28.4 Å². The highest BCUT2D eigenvalue weighted by molar-refractivity contribution is 6.52. The molecule has 8 heteroatoms. The van der Waals surface area contributed by atoms with Gasteiger partial charge in [-0.15, -0.1) is 23.2 Å². The van der Waals surface area contributed by atoms with Crippen molar-refractivity contribution in [3.63, 3.8) is 0 Å². The lowest BCUT2D eigenvalue weighted by Gasteiger charge is -2.40. The molecule has 1 aromatic carbocycles. The zero-order valence-electron chi connectivity index (χ0n) is 12.8. The first kappa shape index (κ1) is 17.5. The minimum Gasteiger partial charge on any atom is -0.496 e. The van der Waals surface area contributed by atoms with Gasteiger partial charge < -0.3 is 18.9 Å². The van der Waals surface area contributed by atoms with Gasteiger partial charge in [-0.05, 0) is 12.1 Å². The summed E-state index contributed by atoms with van der Waals surface area (Å²) in [6, 6.07) is 3.44. The van der Waals surface area contributed by atoms with E-state index in [1.54, 1.807) is 12.1 Å². The first-order valence-electron chi connectivity index (χ1n) is 6.62. The van der Waals surface area contributed by atoms with E-state index < -0.39 is 15.5 Å². The number of ether oxygens (including phenoxy) is 4. The molecule has 3 rings (SSSR count). The van der Waals surface area contributed by atoms with Crippen LogP contribution < -0.4 is 9.47 Å². The fourth-order valence-electron chi connectivity index (χ4n) is 3.61. The van der Waals surface area contributed by atoms with Crippen LogP contribution in [0.2, 0.25) is 0 Å². The molecule has 23 heavy (non-hydrogen) atoms. The minimum atomic E-state index is -1.55. The molecule has 0 fully saturated rings. The molecule has 2 bridgehead atoms. The molecule has 0 aromatic heterocycles. The first-order chi connectivity index (χ1) is 10.8. The van der Waals surface area contributed by atoms with Gasteiger partial charge in [0.15, 0.2) is 9.75 Å². The second kappa shape index (κ2) is 5.32. The van der Waals surface area contributed by atoms with Gasteiger partial charge >= 0.3 is 0 Å². The maximum atomic E-state index is 6.95. The van der Waals surface area contributed by atoms with Crippen LogP contribution in [0.25, 0.3) is 0 Å². The summed E-state index contributed by atoms with van der Waals surface area (Å²) in [5, 5.41) is 0.275. The third-order valence-electron chi connectivity index (χ3n) is 4.54. The Balaban J connectivity index is 2.52. The Morgan fingerprint density at radius 1 is 0.739 bits per heavy atom. The van der Waals surface area contributed by atoms with E-state index in [4.69, 9.17) is 65.4 Å². The summed E-state index contributed by atoms with van der Waals surface area (Å²) >= 11 is 26.8. The standard InChI is InChI=1S/C15H14Cl4O4/c1-20-7-5-6-8(21-2)10-9(7)13(18)11(16)12(17)14(10,19)15(13,22-3)23-4/h5-6H,1-4H3/t13-,14+. The van der Waals surface area contributed by atoms with Crippen molar-refractivity contribution in [2.24, 2.45) is 0 Å². The number of hydrogen-bond acceptors (Lipinski definition) is 4. The third kappa shape index (κ3) is 1.58. The van der Waals surface area contributed by atoms with Crippen molar-refractivity contribution in [1.29, 1.82) is 0 Å². The number of methoxy groups -OCH3 is 4. The van der Waals surface area contributed by atoms with Crippen LogP contribution in [0.4, 0.5) is 0 Å². The molecule has 0 N–H and O–H groups in total. The monoisotopic (exact) mass is 398 g/mol. The van der Waals surface area contributed by atoms with Crippen molar-refractivity contribution >= 4 is 46.4 Å². The maximum Gasteiger partial charge on any atom is 0.226 e. The predicted octanol–water partition coefficient (Wildman–Crippen LogP) is 4.28. The zero-order valence-corrected chi connectivity index (χ0v) is 15.8. The summed E-state index contributed by atoms with van der Waals surface area (Å²) in [6.45, 7) is 0. The molecular formula is C15H14Cl4O4. The molecule has 126 valence electrons. The lowest BCUT2D eigenvalue weighted by atomic mass is 9.93. The summed E-state index contributed by atoms with van der Waals surface area (Å²) in [4.78, 5) is -2.93. The van der Waals surface area contributed by atoms with Crippen LogP contribution in [0, 0.1) is 0 Å². The van der Waals surface area contributed by atoms with Crippen LogP contribution in [0.15, 0.2) is 22.2 Å². The number of halogens is 4. The number of fused-ring (bicyclic) bond motifs is 5. The zero-order chi connectivity index (χ0) is 17.2. The average molecular weight is 400 g/mol. The summed E-state index contributed by atoms with van der Waals surface area (Å²) in [6.07, 6.45) is 0. The van der Waals surface area contributed by atoms with Crippen LogP contribution >= 0.6 is 46.4 Å². The smallest absolute Gasteiger partial charge is 0.226 e. The van der Waals surface area contributed by atoms with Gasteiger partial charge in [-0.25, -0.2) is 0 Å². The minimum absolute atomic E-state index is 0.138. The molecule has 0 spiro atoms. The molecule has 2 aliphatic rings. The SMILES string of the molecule is COc1ccc(OC)c2c1[C@]1(Cl)C(Cl)=C(Cl)[C@@]2(Cl)C1(OC)OC. The number of hydrogen-bond donors (Lipinski definition) is 0. The highest BCUT2D eigenvalue weighted by Crippen LogP contribution is 2.77. The number of rotatable bonds is 4. The summed E-state index contributed by atoms with van der Waals surface area (Å²) in [5.41, 5.74) is 1.04. The first-order valence-corrected chi connectivity index (χ1v) is 8.13. The molecule has 2 aliphatic carbocycles. The fourth-order valence-corrected chi connectivity index (χ4v) is 5.63. The molecule has 0 heterocycles. The van der Waals surface area contributed by atoms with Gasteiger partial charge in [-0.2, -0.15) is 0 Å². The van der Waals surface area contributed by atoms with Crippen molar-refractivity contribution in [3.05, 3.63) is 33.3 Å². The Hall–Kier alpha value is -0.360. The Bertz CT molecular complexity index is 661. The van der Waals surface area contributed by atoms with E-state index in [0.717, 1.165) is 0 Å². The molecule has 4 nitrogen and oxygen atoms in total. The second-order valence-electron chi connectivity index (χ2n) is 5.19. The maximum absolute atomic E-state index is 6.95. The number of benzene rings is 1. The Morgan fingerprint density at radius 2 is 1.09 bits per heavy atom. The van der Waals surface area contributed by atoms with Gasteiger partial charge in [0.1, 0.15) is 11.5 Å². The van der Waals surface area contributed by atoms with E-state index in [1.807, 2.05) is 0 Å². The van der Waals surface area contributed by atoms with Crippen LogP contribution in [0.3, 0.4) is 0 Å². The number of alkyl halides is 2. The summed E-state index contributed by atoms with van der Waals surface area (Å²) < 4.78 is 22.2. The normalized spacial score (nSPS) is 30.6. The molecular weight excluding hydrogens is 386 g/mol. The van der Waals surface area contributed by atoms with E-state index in [1.165, 1.54) is 28.4 Å². The quantitative estimate of drug-likeness (QED) is 0.559. The van der Waals surface area contributed by atoms with Crippen molar-refractivity contribution in [2.45, 2.75) is 15.5 Å². The highest BCUT2D eigenvalue weighted by atomic mass is 35.5. The Kier molecular flexibility index (Phi) is 4.04. The lowest BCUT2D eigenvalue weighted by Crippen LogP contribution is -2.53. The molecule has 0 radical (unpaired) electrons. The van der Waals surface area contributed by atoms with Gasteiger partial charge in [-0.1, -0.05) is 23.2 Å².